The van der Waals surface area contributed by atoms with Crippen LogP contribution in [0, 0.1) is 0 Å². The molecule has 2 aliphatic rings. The molecule has 1 aliphatic heterocycles. The SMILES string of the molecule is CCc1ccccc1N(C1=Cc2c(n(-c3ccccc3)c3ccccc23)CC1)c1ccc(-c2nc(-c3ccccc3)nc(-c3ccccc3)n2)cc1C1CN1. The van der Waals surface area contributed by atoms with Crippen molar-refractivity contribution in [2.45, 2.75) is 32.2 Å². The Morgan fingerprint density at radius 1 is 0.618 bits per heavy atom. The Bertz CT molecular complexity index is 2640. The number of hydrogen-bond acceptors (Lipinski definition) is 5. The van der Waals surface area contributed by atoms with Gasteiger partial charge in [0.15, 0.2) is 17.5 Å². The summed E-state index contributed by atoms with van der Waals surface area (Å²) >= 11 is 0. The van der Waals surface area contributed by atoms with Crippen LogP contribution in [-0.2, 0) is 12.8 Å². The van der Waals surface area contributed by atoms with Gasteiger partial charge in [-0.1, -0.05) is 122 Å². The van der Waals surface area contributed by atoms with E-state index in [1.54, 1.807) is 0 Å². The van der Waals surface area contributed by atoms with Crippen LogP contribution in [0.5, 0.6) is 0 Å². The second-order valence-electron chi connectivity index (χ2n) is 14.3. The van der Waals surface area contributed by atoms with Gasteiger partial charge in [0, 0.05) is 63.0 Å². The van der Waals surface area contributed by atoms with Crippen molar-refractivity contribution in [3.05, 3.63) is 186 Å². The molecule has 0 radical (unpaired) electrons. The van der Waals surface area contributed by atoms with E-state index in [9.17, 15) is 0 Å². The van der Waals surface area contributed by atoms with Crippen molar-refractivity contribution in [3.8, 4) is 39.9 Å². The number of fused-ring (bicyclic) bond motifs is 3. The maximum absolute atomic E-state index is 5.08. The standard InChI is InChI=1S/C49H40N6/c1-2-33-16-12-14-24-43(33)55(38-27-29-45-40(31-38)39-23-13-15-25-44(39)54(45)37-21-10-5-11-22-37)46-28-26-36(30-41(46)42-32-50-42)49-52-47(34-17-6-3-7-18-34)51-48(53-49)35-19-8-4-9-20-35/h3-26,28,30-31,42,50H,2,27,29,32H2,1H3. The molecule has 266 valence electrons. The molecule has 1 fully saturated rings. The summed E-state index contributed by atoms with van der Waals surface area (Å²) in [5, 5.41) is 4.92. The molecule has 1 N–H and O–H groups in total. The van der Waals surface area contributed by atoms with E-state index in [0.29, 0.717) is 17.5 Å². The Hall–Kier alpha value is -6.63. The second kappa shape index (κ2) is 14.0. The summed E-state index contributed by atoms with van der Waals surface area (Å²) in [7, 11) is 0. The minimum Gasteiger partial charge on any atom is -0.314 e. The first-order valence-corrected chi connectivity index (χ1v) is 19.2. The van der Waals surface area contributed by atoms with Gasteiger partial charge in [-0.3, -0.25) is 0 Å². The van der Waals surface area contributed by atoms with E-state index in [4.69, 9.17) is 15.0 Å². The zero-order valence-electron chi connectivity index (χ0n) is 30.7. The van der Waals surface area contributed by atoms with Crippen LogP contribution in [-0.4, -0.2) is 26.1 Å². The number of para-hydroxylation sites is 3. The Morgan fingerprint density at radius 3 is 1.89 bits per heavy atom. The van der Waals surface area contributed by atoms with Crippen LogP contribution in [0.25, 0.3) is 56.8 Å². The van der Waals surface area contributed by atoms with Gasteiger partial charge in [-0.15, -0.1) is 0 Å². The van der Waals surface area contributed by atoms with E-state index >= 15 is 0 Å². The molecule has 6 nitrogen and oxygen atoms in total. The maximum atomic E-state index is 5.08. The first-order chi connectivity index (χ1) is 27.2. The van der Waals surface area contributed by atoms with Crippen molar-refractivity contribution in [3.63, 3.8) is 0 Å². The summed E-state index contributed by atoms with van der Waals surface area (Å²) in [6.45, 7) is 3.18. The molecule has 3 heterocycles. The first kappa shape index (κ1) is 33.0. The predicted octanol–water partition coefficient (Wildman–Crippen LogP) is 11.1. The van der Waals surface area contributed by atoms with Gasteiger partial charge in [-0.2, -0.15) is 0 Å². The van der Waals surface area contributed by atoms with E-state index in [-0.39, 0.29) is 6.04 Å². The number of aromatic nitrogens is 4. The van der Waals surface area contributed by atoms with Gasteiger partial charge >= 0.3 is 0 Å². The van der Waals surface area contributed by atoms with Gasteiger partial charge in [-0.25, -0.2) is 15.0 Å². The maximum Gasteiger partial charge on any atom is 0.164 e. The van der Waals surface area contributed by atoms with Crippen molar-refractivity contribution < 1.29 is 0 Å². The van der Waals surface area contributed by atoms with Crippen molar-refractivity contribution in [1.29, 1.82) is 0 Å². The second-order valence-corrected chi connectivity index (χ2v) is 14.3. The Morgan fingerprint density at radius 2 is 1.22 bits per heavy atom. The number of nitrogens with one attached hydrogen (secondary N) is 1. The van der Waals surface area contributed by atoms with Crippen LogP contribution < -0.4 is 10.2 Å². The fraction of sp³-hybridized carbons (Fsp3) is 0.122. The third-order valence-electron chi connectivity index (χ3n) is 10.9. The minimum absolute atomic E-state index is 0.231. The van der Waals surface area contributed by atoms with E-state index < -0.39 is 0 Å². The van der Waals surface area contributed by atoms with Gasteiger partial charge in [0.05, 0.1) is 11.2 Å². The van der Waals surface area contributed by atoms with Gasteiger partial charge in [0.25, 0.3) is 0 Å². The van der Waals surface area contributed by atoms with Gasteiger partial charge < -0.3 is 14.8 Å². The highest BCUT2D eigenvalue weighted by Crippen LogP contribution is 2.45. The molecule has 0 amide bonds. The zero-order chi connectivity index (χ0) is 36.7. The minimum atomic E-state index is 0.231. The summed E-state index contributed by atoms with van der Waals surface area (Å²) in [6.07, 6.45) is 5.22. The summed E-state index contributed by atoms with van der Waals surface area (Å²) in [5.41, 5.74) is 14.2. The first-order valence-electron chi connectivity index (χ1n) is 19.2. The monoisotopic (exact) mass is 712 g/mol. The van der Waals surface area contributed by atoms with Gasteiger partial charge in [0.1, 0.15) is 0 Å². The molecular weight excluding hydrogens is 673 g/mol. The third kappa shape index (κ3) is 6.11. The molecule has 0 spiro atoms. The predicted molar refractivity (Wildman–Crippen MR) is 224 cm³/mol. The molecule has 0 bridgehead atoms. The smallest absolute Gasteiger partial charge is 0.164 e. The number of rotatable bonds is 9. The van der Waals surface area contributed by atoms with Crippen molar-refractivity contribution in [2.24, 2.45) is 0 Å². The summed E-state index contributed by atoms with van der Waals surface area (Å²) in [4.78, 5) is 17.6. The third-order valence-corrected chi connectivity index (χ3v) is 10.9. The fourth-order valence-electron chi connectivity index (χ4n) is 8.12. The number of aryl methyl sites for hydroxylation is 1. The molecule has 10 rings (SSSR count). The lowest BCUT2D eigenvalue weighted by Gasteiger charge is -2.33. The number of hydrogen-bond donors (Lipinski definition) is 1. The number of nitrogens with zero attached hydrogens (tertiary/aromatic N) is 5. The largest absolute Gasteiger partial charge is 0.314 e. The molecule has 8 aromatic rings. The topological polar surface area (TPSA) is 68.8 Å². The van der Waals surface area contributed by atoms with Crippen LogP contribution in [0.3, 0.4) is 0 Å². The number of allylic oxidation sites excluding steroid dienone is 1. The average molecular weight is 713 g/mol. The lowest BCUT2D eigenvalue weighted by atomic mass is 9.95. The van der Waals surface area contributed by atoms with Gasteiger partial charge in [-0.05, 0) is 78.9 Å². The molecule has 1 atom stereocenters. The number of benzene rings is 6. The van der Waals surface area contributed by atoms with E-state index in [1.165, 1.54) is 56.0 Å². The van der Waals surface area contributed by atoms with E-state index in [2.05, 4.69) is 149 Å². The Kier molecular flexibility index (Phi) is 8.38. The van der Waals surface area contributed by atoms with E-state index in [1.807, 2.05) is 36.4 Å². The fourth-order valence-corrected chi connectivity index (χ4v) is 8.12. The summed E-state index contributed by atoms with van der Waals surface area (Å²) < 4.78 is 2.46. The lowest BCUT2D eigenvalue weighted by molar-refractivity contribution is 0.834. The van der Waals surface area contributed by atoms with Crippen molar-refractivity contribution >= 4 is 28.4 Å². The quantitative estimate of drug-likeness (QED) is 0.151. The summed E-state index contributed by atoms with van der Waals surface area (Å²) in [6, 6.07) is 55.8. The molecular formula is C49H40N6. The molecule has 1 unspecified atom stereocenters. The van der Waals surface area contributed by atoms with Crippen molar-refractivity contribution in [1.82, 2.24) is 24.8 Å². The normalized spacial score (nSPS) is 14.7. The highest BCUT2D eigenvalue weighted by atomic mass is 15.2. The highest BCUT2D eigenvalue weighted by Gasteiger charge is 2.32. The molecule has 6 aromatic carbocycles. The van der Waals surface area contributed by atoms with Crippen LogP contribution in [0.15, 0.2) is 163 Å². The van der Waals surface area contributed by atoms with Crippen LogP contribution in [0.4, 0.5) is 11.4 Å². The van der Waals surface area contributed by atoms with Crippen LogP contribution in [0.2, 0.25) is 0 Å². The molecule has 6 heteroatoms. The Balaban J connectivity index is 1.15. The summed E-state index contributed by atoms with van der Waals surface area (Å²) in [5.74, 6) is 1.99. The van der Waals surface area contributed by atoms with Crippen LogP contribution >= 0.6 is 0 Å². The number of anilines is 2. The lowest BCUT2D eigenvalue weighted by Crippen LogP contribution is -2.22. The van der Waals surface area contributed by atoms with Crippen molar-refractivity contribution in [2.75, 3.05) is 11.4 Å². The molecule has 55 heavy (non-hydrogen) atoms. The molecule has 1 aliphatic carbocycles. The zero-order valence-corrected chi connectivity index (χ0v) is 30.7. The Labute approximate surface area is 321 Å². The van der Waals surface area contributed by atoms with E-state index in [0.717, 1.165) is 42.5 Å². The van der Waals surface area contributed by atoms with Gasteiger partial charge in [0.2, 0.25) is 0 Å². The average Bonchev–Trinajstić information content (AvgIpc) is 4.06. The molecule has 1 saturated heterocycles. The van der Waals surface area contributed by atoms with Crippen LogP contribution in [0.1, 0.15) is 41.8 Å². The molecule has 0 saturated carbocycles. The highest BCUT2D eigenvalue weighted by molar-refractivity contribution is 5.95. The molecule has 2 aromatic heterocycles.